The molecule has 2 heterocycles. The third-order valence-corrected chi connectivity index (χ3v) is 5.90. The lowest BCUT2D eigenvalue weighted by Gasteiger charge is -2.33. The molecule has 1 fully saturated rings. The van der Waals surface area contributed by atoms with Gasteiger partial charge in [0.2, 0.25) is 5.91 Å². The first kappa shape index (κ1) is 21.5. The first-order chi connectivity index (χ1) is 15.5. The fourth-order valence-electron chi connectivity index (χ4n) is 4.02. The van der Waals surface area contributed by atoms with Crippen LogP contribution in [0.5, 0.6) is 0 Å². The Balaban J connectivity index is 1.26. The Bertz CT molecular complexity index is 996. The number of likely N-dealkylation sites (tertiary alicyclic amines) is 1. The van der Waals surface area contributed by atoms with Crippen molar-refractivity contribution >= 4 is 23.8 Å². The molecule has 2 aliphatic heterocycles. The van der Waals surface area contributed by atoms with E-state index in [9.17, 15) is 19.2 Å². The van der Waals surface area contributed by atoms with Gasteiger partial charge in [-0.25, -0.2) is 4.79 Å². The highest BCUT2D eigenvalue weighted by Gasteiger charge is 2.41. The van der Waals surface area contributed by atoms with Gasteiger partial charge in [0.05, 0.1) is 11.1 Å². The first-order valence-corrected chi connectivity index (χ1v) is 10.7. The van der Waals surface area contributed by atoms with E-state index in [2.05, 4.69) is 5.32 Å². The molecule has 1 unspecified atom stereocenters. The fourth-order valence-corrected chi connectivity index (χ4v) is 4.02. The van der Waals surface area contributed by atoms with Crippen LogP contribution in [0, 0.1) is 0 Å². The lowest BCUT2D eigenvalue weighted by atomic mass is 10.0. The van der Waals surface area contributed by atoms with Gasteiger partial charge in [-0.2, -0.15) is 0 Å². The van der Waals surface area contributed by atoms with Crippen molar-refractivity contribution in [2.75, 3.05) is 13.1 Å². The largest absolute Gasteiger partial charge is 0.445 e. The van der Waals surface area contributed by atoms with Gasteiger partial charge in [0.15, 0.2) is 0 Å². The maximum Gasteiger partial charge on any atom is 0.410 e. The third kappa shape index (κ3) is 4.34. The molecule has 4 amide bonds. The minimum Gasteiger partial charge on any atom is -0.445 e. The number of hydrogen-bond donors (Lipinski definition) is 1. The van der Waals surface area contributed by atoms with Crippen molar-refractivity contribution in [2.45, 2.75) is 38.5 Å². The van der Waals surface area contributed by atoms with Crippen molar-refractivity contribution in [1.82, 2.24) is 15.1 Å². The zero-order chi connectivity index (χ0) is 22.7. The van der Waals surface area contributed by atoms with Gasteiger partial charge in [0.25, 0.3) is 11.8 Å². The summed E-state index contributed by atoms with van der Waals surface area (Å²) in [6.07, 6.45) is 0.764. The van der Waals surface area contributed by atoms with E-state index in [1.165, 1.54) is 0 Å². The quantitative estimate of drug-likeness (QED) is 0.729. The number of nitrogens with one attached hydrogen (secondary N) is 1. The predicted molar refractivity (Wildman–Crippen MR) is 116 cm³/mol. The Kier molecular flexibility index (Phi) is 6.20. The topological polar surface area (TPSA) is 96.0 Å². The van der Waals surface area contributed by atoms with Crippen LogP contribution in [0.15, 0.2) is 54.6 Å². The molecule has 2 aromatic rings. The van der Waals surface area contributed by atoms with E-state index in [0.717, 1.165) is 10.5 Å². The molecule has 32 heavy (non-hydrogen) atoms. The van der Waals surface area contributed by atoms with Crippen LogP contribution in [0.4, 0.5) is 4.79 Å². The second-order valence-corrected chi connectivity index (χ2v) is 8.01. The predicted octanol–water partition coefficient (Wildman–Crippen LogP) is 2.59. The van der Waals surface area contributed by atoms with Crippen LogP contribution in [0.3, 0.4) is 0 Å². The highest BCUT2D eigenvalue weighted by Crippen LogP contribution is 2.24. The number of benzene rings is 2. The van der Waals surface area contributed by atoms with E-state index in [1.807, 2.05) is 30.3 Å². The van der Waals surface area contributed by atoms with Crippen molar-refractivity contribution in [3.05, 3.63) is 71.3 Å². The number of ether oxygens (including phenoxy) is 1. The van der Waals surface area contributed by atoms with E-state index in [4.69, 9.17) is 4.74 Å². The van der Waals surface area contributed by atoms with E-state index in [0.29, 0.717) is 37.1 Å². The molecule has 8 nitrogen and oxygen atoms in total. The molecule has 0 aliphatic carbocycles. The Hall–Kier alpha value is -3.68. The van der Waals surface area contributed by atoms with E-state index < -0.39 is 17.9 Å². The summed E-state index contributed by atoms with van der Waals surface area (Å²) >= 11 is 0. The van der Waals surface area contributed by atoms with Gasteiger partial charge in [-0.15, -0.1) is 0 Å². The summed E-state index contributed by atoms with van der Waals surface area (Å²) in [5.41, 5.74) is 1.56. The number of hydrogen-bond acceptors (Lipinski definition) is 5. The lowest BCUT2D eigenvalue weighted by Crippen LogP contribution is -2.53. The number of carbonyl (C=O) groups is 4. The molecule has 0 bridgehead atoms. The molecular weight excluding hydrogens is 410 g/mol. The number of fused-ring (bicyclic) bond motifs is 1. The standard InChI is InChI=1S/C24H25N3O5/c1-16(27-22(29)19-9-5-6-10-20(19)23(27)30)21(28)25-18-11-13-26(14-12-18)24(31)32-15-17-7-3-2-4-8-17/h2-10,16,18H,11-15H2,1H3,(H,25,28). The third-order valence-electron chi connectivity index (χ3n) is 5.90. The molecule has 1 atom stereocenters. The number of amides is 4. The number of imide groups is 1. The van der Waals surface area contributed by atoms with Gasteiger partial charge >= 0.3 is 6.09 Å². The minimum atomic E-state index is -0.920. The molecule has 0 aromatic heterocycles. The van der Waals surface area contributed by atoms with Crippen LogP contribution in [0.25, 0.3) is 0 Å². The SMILES string of the molecule is CC(C(=O)NC1CCN(C(=O)OCc2ccccc2)CC1)N1C(=O)c2ccccc2C1=O. The van der Waals surface area contributed by atoms with Gasteiger partial charge < -0.3 is 15.0 Å². The van der Waals surface area contributed by atoms with Gasteiger partial charge in [0, 0.05) is 19.1 Å². The van der Waals surface area contributed by atoms with Crippen LogP contribution in [0.2, 0.25) is 0 Å². The average Bonchev–Trinajstić information content (AvgIpc) is 3.08. The summed E-state index contributed by atoms with van der Waals surface area (Å²) in [4.78, 5) is 52.9. The molecule has 1 saturated heterocycles. The molecule has 0 spiro atoms. The Morgan fingerprint density at radius 1 is 0.969 bits per heavy atom. The fraction of sp³-hybridized carbons (Fsp3) is 0.333. The molecule has 2 aliphatic rings. The average molecular weight is 435 g/mol. The summed E-state index contributed by atoms with van der Waals surface area (Å²) in [7, 11) is 0. The zero-order valence-corrected chi connectivity index (χ0v) is 17.8. The second kappa shape index (κ2) is 9.21. The Morgan fingerprint density at radius 3 is 2.12 bits per heavy atom. The van der Waals surface area contributed by atoms with Gasteiger partial charge in [0.1, 0.15) is 12.6 Å². The highest BCUT2D eigenvalue weighted by molar-refractivity contribution is 6.22. The molecule has 0 radical (unpaired) electrons. The van der Waals surface area contributed by atoms with Crippen LogP contribution < -0.4 is 5.32 Å². The summed E-state index contributed by atoms with van der Waals surface area (Å²) < 4.78 is 5.36. The second-order valence-electron chi connectivity index (χ2n) is 8.01. The monoisotopic (exact) mass is 435 g/mol. The first-order valence-electron chi connectivity index (χ1n) is 10.7. The minimum absolute atomic E-state index is 0.140. The maximum atomic E-state index is 12.8. The van der Waals surface area contributed by atoms with Crippen LogP contribution in [0.1, 0.15) is 46.0 Å². The number of nitrogens with zero attached hydrogens (tertiary/aromatic N) is 2. The van der Waals surface area contributed by atoms with E-state index >= 15 is 0 Å². The molecule has 1 N–H and O–H groups in total. The molecular formula is C24H25N3O5. The van der Waals surface area contributed by atoms with Crippen LogP contribution in [-0.2, 0) is 16.1 Å². The van der Waals surface area contributed by atoms with E-state index in [1.54, 1.807) is 36.1 Å². The summed E-state index contributed by atoms with van der Waals surface area (Å²) in [6.45, 7) is 2.68. The maximum absolute atomic E-state index is 12.8. The number of carbonyl (C=O) groups excluding carboxylic acids is 4. The van der Waals surface area contributed by atoms with Gasteiger partial charge in [-0.3, -0.25) is 19.3 Å². The van der Waals surface area contributed by atoms with Crippen LogP contribution in [-0.4, -0.2) is 58.8 Å². The molecule has 2 aromatic carbocycles. The molecule has 8 heteroatoms. The van der Waals surface area contributed by atoms with Crippen molar-refractivity contribution < 1.29 is 23.9 Å². The molecule has 0 saturated carbocycles. The van der Waals surface area contributed by atoms with Crippen molar-refractivity contribution in [3.63, 3.8) is 0 Å². The molecule has 4 rings (SSSR count). The smallest absolute Gasteiger partial charge is 0.410 e. The summed E-state index contributed by atoms with van der Waals surface area (Å²) in [5.74, 6) is -1.29. The normalized spacial score (nSPS) is 17.2. The lowest BCUT2D eigenvalue weighted by molar-refractivity contribution is -0.125. The summed E-state index contributed by atoms with van der Waals surface area (Å²) in [5, 5.41) is 2.92. The van der Waals surface area contributed by atoms with E-state index in [-0.39, 0.29) is 24.6 Å². The molecule has 166 valence electrons. The Labute approximate surface area is 186 Å². The van der Waals surface area contributed by atoms with Crippen molar-refractivity contribution in [3.8, 4) is 0 Å². The van der Waals surface area contributed by atoms with Gasteiger partial charge in [-0.1, -0.05) is 42.5 Å². The Morgan fingerprint density at radius 2 is 1.53 bits per heavy atom. The number of piperidine rings is 1. The van der Waals surface area contributed by atoms with Crippen molar-refractivity contribution in [2.24, 2.45) is 0 Å². The zero-order valence-electron chi connectivity index (χ0n) is 17.8. The summed E-state index contributed by atoms with van der Waals surface area (Å²) in [6, 6.07) is 15.0. The highest BCUT2D eigenvalue weighted by atomic mass is 16.6. The van der Waals surface area contributed by atoms with Crippen LogP contribution >= 0.6 is 0 Å². The number of rotatable bonds is 5. The van der Waals surface area contributed by atoms with Crippen molar-refractivity contribution in [1.29, 1.82) is 0 Å². The van der Waals surface area contributed by atoms with Gasteiger partial charge in [-0.05, 0) is 37.5 Å².